The Balaban J connectivity index is 1.75. The number of rotatable bonds is 4. The second-order valence-electron chi connectivity index (χ2n) is 8.99. The highest BCUT2D eigenvalue weighted by Crippen LogP contribution is 2.29. The number of benzene rings is 1. The minimum absolute atomic E-state index is 0.00144. The highest BCUT2D eigenvalue weighted by molar-refractivity contribution is 7.89. The predicted octanol–water partition coefficient (Wildman–Crippen LogP) is 2.51. The molecule has 0 bridgehead atoms. The maximum Gasteiger partial charge on any atom is 0.408 e. The quantitative estimate of drug-likeness (QED) is 0.720. The molecule has 2 amide bonds. The van der Waals surface area contributed by atoms with Gasteiger partial charge >= 0.3 is 6.09 Å². The van der Waals surface area contributed by atoms with Gasteiger partial charge in [0.25, 0.3) is 0 Å². The molecule has 0 saturated carbocycles. The van der Waals surface area contributed by atoms with Gasteiger partial charge in [0.2, 0.25) is 15.9 Å². The fourth-order valence-electron chi connectivity index (χ4n) is 3.80. The summed E-state index contributed by atoms with van der Waals surface area (Å²) < 4.78 is 47.9. The molecule has 180 valence electrons. The lowest BCUT2D eigenvalue weighted by Gasteiger charge is -2.29. The molecule has 11 heteroatoms. The van der Waals surface area contributed by atoms with Crippen LogP contribution < -0.4 is 5.32 Å². The molecule has 0 radical (unpaired) electrons. The normalized spacial score (nSPS) is 18.1. The first-order valence-corrected chi connectivity index (χ1v) is 12.1. The molecule has 0 spiro atoms. The van der Waals surface area contributed by atoms with Crippen LogP contribution >= 0.6 is 0 Å². The number of nitrogens with one attached hydrogen (secondary N) is 1. The fraction of sp³-hybridized carbons (Fsp3) is 0.500. The highest BCUT2D eigenvalue weighted by Gasteiger charge is 2.34. The van der Waals surface area contributed by atoms with Gasteiger partial charge in [0.15, 0.2) is 5.82 Å². The third kappa shape index (κ3) is 5.77. The summed E-state index contributed by atoms with van der Waals surface area (Å²) in [5.74, 6) is -1.05. The SMILES string of the molecule is C[C@H]1CN(C(=O)CNC(=O)OC(C)(C)C)CCCN1S(=O)(=O)c1cccc2cncc(F)c12. The van der Waals surface area contributed by atoms with Crippen LogP contribution in [0.4, 0.5) is 9.18 Å². The second kappa shape index (κ2) is 9.60. The van der Waals surface area contributed by atoms with E-state index in [1.807, 2.05) is 0 Å². The van der Waals surface area contributed by atoms with E-state index in [0.29, 0.717) is 18.4 Å². The number of ether oxygens (including phenoxy) is 1. The molecule has 1 fully saturated rings. The Morgan fingerprint density at radius 2 is 1.97 bits per heavy atom. The van der Waals surface area contributed by atoms with Gasteiger partial charge in [0.1, 0.15) is 12.1 Å². The second-order valence-corrected chi connectivity index (χ2v) is 10.8. The number of hydrogen-bond donors (Lipinski definition) is 1. The molecule has 1 aliphatic heterocycles. The van der Waals surface area contributed by atoms with E-state index in [9.17, 15) is 22.4 Å². The summed E-state index contributed by atoms with van der Waals surface area (Å²) in [6.07, 6.45) is 2.11. The largest absolute Gasteiger partial charge is 0.444 e. The summed E-state index contributed by atoms with van der Waals surface area (Å²) in [6.45, 7) is 7.26. The van der Waals surface area contributed by atoms with Gasteiger partial charge in [-0.25, -0.2) is 17.6 Å². The first-order chi connectivity index (χ1) is 15.4. The molecule has 33 heavy (non-hydrogen) atoms. The van der Waals surface area contributed by atoms with E-state index in [4.69, 9.17) is 4.74 Å². The van der Waals surface area contributed by atoms with Crippen LogP contribution in [0.2, 0.25) is 0 Å². The van der Waals surface area contributed by atoms with Gasteiger partial charge in [0.05, 0.1) is 11.1 Å². The molecular formula is C22H29FN4O5S. The number of fused-ring (bicyclic) bond motifs is 1. The molecule has 1 saturated heterocycles. The molecule has 9 nitrogen and oxygen atoms in total. The third-order valence-corrected chi connectivity index (χ3v) is 7.26. The van der Waals surface area contributed by atoms with Crippen molar-refractivity contribution in [3.8, 4) is 0 Å². The summed E-state index contributed by atoms with van der Waals surface area (Å²) in [4.78, 5) is 29.7. The first kappa shape index (κ1) is 24.8. The molecule has 1 aliphatic rings. The lowest BCUT2D eigenvalue weighted by Crippen LogP contribution is -2.46. The Bertz CT molecular complexity index is 1140. The van der Waals surface area contributed by atoms with Crippen molar-refractivity contribution in [2.45, 2.75) is 50.7 Å². The van der Waals surface area contributed by atoms with Gasteiger partial charge in [-0.05, 0) is 40.2 Å². The summed E-state index contributed by atoms with van der Waals surface area (Å²) in [5.41, 5.74) is -0.684. The summed E-state index contributed by atoms with van der Waals surface area (Å²) in [5, 5.41) is 2.82. The number of carbonyl (C=O) groups excluding carboxylic acids is 2. The van der Waals surface area contributed by atoms with E-state index in [1.54, 1.807) is 39.8 Å². The summed E-state index contributed by atoms with van der Waals surface area (Å²) in [6, 6.07) is 3.99. The zero-order valence-corrected chi connectivity index (χ0v) is 20.0. The van der Waals surface area contributed by atoms with Crippen molar-refractivity contribution in [1.29, 1.82) is 0 Å². The number of halogens is 1. The smallest absolute Gasteiger partial charge is 0.408 e. The molecule has 2 aromatic rings. The molecule has 0 aliphatic carbocycles. The van der Waals surface area contributed by atoms with Crippen molar-refractivity contribution >= 4 is 32.8 Å². The molecule has 1 aromatic heterocycles. The lowest BCUT2D eigenvalue weighted by atomic mass is 10.2. The van der Waals surface area contributed by atoms with E-state index >= 15 is 0 Å². The van der Waals surface area contributed by atoms with Crippen molar-refractivity contribution in [3.05, 3.63) is 36.4 Å². The van der Waals surface area contributed by atoms with Crippen molar-refractivity contribution in [1.82, 2.24) is 19.5 Å². The van der Waals surface area contributed by atoms with Crippen LogP contribution in [0, 0.1) is 5.82 Å². The number of pyridine rings is 1. The average molecular weight is 481 g/mol. The van der Waals surface area contributed by atoms with Crippen molar-refractivity contribution in [2.24, 2.45) is 0 Å². The maximum absolute atomic E-state index is 14.5. The van der Waals surface area contributed by atoms with Crippen LogP contribution in [-0.4, -0.2) is 72.4 Å². The van der Waals surface area contributed by atoms with Crippen LogP contribution in [0.5, 0.6) is 0 Å². The monoisotopic (exact) mass is 480 g/mol. The Kier molecular flexibility index (Phi) is 7.23. The zero-order valence-electron chi connectivity index (χ0n) is 19.2. The Morgan fingerprint density at radius 3 is 2.67 bits per heavy atom. The van der Waals surface area contributed by atoms with Gasteiger partial charge < -0.3 is 15.0 Å². The summed E-state index contributed by atoms with van der Waals surface area (Å²) >= 11 is 0. The van der Waals surface area contributed by atoms with Gasteiger partial charge in [-0.1, -0.05) is 12.1 Å². The van der Waals surface area contributed by atoms with Crippen LogP contribution in [0.3, 0.4) is 0 Å². The van der Waals surface area contributed by atoms with Crippen LogP contribution in [0.15, 0.2) is 35.5 Å². The third-order valence-electron chi connectivity index (χ3n) is 5.20. The Hall–Kier alpha value is -2.79. The van der Waals surface area contributed by atoms with Gasteiger partial charge in [-0.3, -0.25) is 9.78 Å². The molecule has 1 aromatic carbocycles. The zero-order chi connectivity index (χ0) is 24.4. The number of amides is 2. The maximum atomic E-state index is 14.5. The Morgan fingerprint density at radius 1 is 1.24 bits per heavy atom. The topological polar surface area (TPSA) is 109 Å². The molecule has 3 rings (SSSR count). The van der Waals surface area contributed by atoms with Crippen molar-refractivity contribution < 1.29 is 27.1 Å². The van der Waals surface area contributed by atoms with Gasteiger partial charge in [0, 0.05) is 42.6 Å². The number of hydrogen-bond acceptors (Lipinski definition) is 6. The van der Waals surface area contributed by atoms with Gasteiger partial charge in [-0.2, -0.15) is 4.31 Å². The van der Waals surface area contributed by atoms with E-state index in [0.717, 1.165) is 6.20 Å². The van der Waals surface area contributed by atoms with Gasteiger partial charge in [-0.15, -0.1) is 0 Å². The van der Waals surface area contributed by atoms with E-state index in [-0.39, 0.29) is 35.8 Å². The van der Waals surface area contributed by atoms with Crippen LogP contribution in [-0.2, 0) is 19.6 Å². The standard InChI is InChI=1S/C22H29FN4O5S/c1-15-14-26(19(28)13-25-21(29)32-22(2,3)4)9-6-10-27(15)33(30,31)18-8-5-7-16-11-24-12-17(23)20(16)18/h5,7-8,11-12,15H,6,9-10,13-14H2,1-4H3,(H,25,29)/t15-/m0/s1. The van der Waals surface area contributed by atoms with Crippen molar-refractivity contribution in [3.63, 3.8) is 0 Å². The van der Waals surface area contributed by atoms with Crippen LogP contribution in [0.1, 0.15) is 34.1 Å². The summed E-state index contributed by atoms with van der Waals surface area (Å²) in [7, 11) is -4.04. The van der Waals surface area contributed by atoms with E-state index in [2.05, 4.69) is 10.3 Å². The minimum Gasteiger partial charge on any atom is -0.444 e. The fourth-order valence-corrected chi connectivity index (χ4v) is 5.68. The number of carbonyl (C=O) groups is 2. The number of sulfonamides is 1. The predicted molar refractivity (Wildman–Crippen MR) is 120 cm³/mol. The Labute approximate surface area is 193 Å². The lowest BCUT2D eigenvalue weighted by molar-refractivity contribution is -0.130. The van der Waals surface area contributed by atoms with Crippen LogP contribution in [0.25, 0.3) is 10.8 Å². The number of aromatic nitrogens is 1. The number of nitrogens with zero attached hydrogens (tertiary/aromatic N) is 3. The molecule has 1 atom stereocenters. The van der Waals surface area contributed by atoms with E-state index in [1.165, 1.54) is 21.5 Å². The molecule has 0 unspecified atom stereocenters. The highest BCUT2D eigenvalue weighted by atomic mass is 32.2. The van der Waals surface area contributed by atoms with Crippen molar-refractivity contribution in [2.75, 3.05) is 26.2 Å². The number of alkyl carbamates (subject to hydrolysis) is 1. The molecular weight excluding hydrogens is 451 g/mol. The minimum atomic E-state index is -4.04. The molecule has 2 heterocycles. The van der Waals surface area contributed by atoms with E-state index < -0.39 is 33.6 Å². The first-order valence-electron chi connectivity index (χ1n) is 10.7. The molecule has 1 N–H and O–H groups in total. The average Bonchev–Trinajstić information content (AvgIpc) is 2.92.